The Labute approximate surface area is 126 Å². The minimum absolute atomic E-state index is 0.0287. The van der Waals surface area contributed by atoms with E-state index in [1.165, 1.54) is 0 Å². The zero-order valence-corrected chi connectivity index (χ0v) is 13.6. The number of morpholine rings is 1. The maximum Gasteiger partial charge on any atom is 0.254 e. The van der Waals surface area contributed by atoms with Gasteiger partial charge in [0.25, 0.3) is 5.91 Å². The van der Waals surface area contributed by atoms with E-state index < -0.39 is 0 Å². The number of hydrogen-bond donors (Lipinski definition) is 1. The molecule has 1 aromatic heterocycles. The maximum atomic E-state index is 12.7. The van der Waals surface area contributed by atoms with Crippen LogP contribution in [0.1, 0.15) is 45.0 Å². The van der Waals surface area contributed by atoms with Crippen LogP contribution < -0.4 is 5.32 Å². The van der Waals surface area contributed by atoms with Crippen molar-refractivity contribution < 1.29 is 9.53 Å². The van der Waals surface area contributed by atoms with Crippen molar-refractivity contribution in [2.24, 2.45) is 0 Å². The van der Waals surface area contributed by atoms with Crippen LogP contribution in [0.25, 0.3) is 0 Å². The minimum Gasteiger partial charge on any atom is -0.370 e. The maximum absolute atomic E-state index is 12.7. The molecular weight excluding hydrogens is 266 g/mol. The molecule has 116 valence electrons. The average Bonchev–Trinajstić information content (AvgIpc) is 2.35. The highest BCUT2D eigenvalue weighted by Gasteiger charge is 2.40. The van der Waals surface area contributed by atoms with Gasteiger partial charge in [0.2, 0.25) is 0 Å². The molecule has 0 radical (unpaired) electrons. The molecule has 2 heterocycles. The molecule has 0 aromatic carbocycles. The van der Waals surface area contributed by atoms with E-state index >= 15 is 0 Å². The molecule has 1 aliphatic heterocycles. The summed E-state index contributed by atoms with van der Waals surface area (Å²) in [5, 5.41) is 3.13. The van der Waals surface area contributed by atoms with Crippen LogP contribution in [-0.2, 0) is 4.74 Å². The molecule has 5 heteroatoms. The van der Waals surface area contributed by atoms with Crippen molar-refractivity contribution in [2.75, 3.05) is 25.0 Å². The lowest BCUT2D eigenvalue weighted by Crippen LogP contribution is -2.58. The van der Waals surface area contributed by atoms with Gasteiger partial charge in [0.15, 0.2) is 0 Å². The van der Waals surface area contributed by atoms with Gasteiger partial charge >= 0.3 is 0 Å². The molecule has 1 fully saturated rings. The number of amides is 1. The number of carbonyl (C=O) groups excluding carboxylic acids is 1. The first-order valence-corrected chi connectivity index (χ1v) is 7.42. The van der Waals surface area contributed by atoms with Gasteiger partial charge in [0.05, 0.1) is 11.2 Å². The van der Waals surface area contributed by atoms with E-state index in [1.807, 2.05) is 39.5 Å². The second-order valence-corrected chi connectivity index (χ2v) is 6.74. The summed E-state index contributed by atoms with van der Waals surface area (Å²) in [4.78, 5) is 18.8. The molecule has 0 bridgehead atoms. The van der Waals surface area contributed by atoms with Crippen LogP contribution in [0.4, 0.5) is 5.82 Å². The highest BCUT2D eigenvalue weighted by Crippen LogP contribution is 2.29. The molecule has 1 aliphatic rings. The van der Waals surface area contributed by atoms with Crippen molar-refractivity contribution >= 4 is 11.7 Å². The largest absolute Gasteiger partial charge is 0.370 e. The lowest BCUT2D eigenvalue weighted by Gasteiger charge is -2.47. The van der Waals surface area contributed by atoms with Crippen LogP contribution in [0.3, 0.4) is 0 Å². The van der Waals surface area contributed by atoms with E-state index in [-0.39, 0.29) is 17.1 Å². The van der Waals surface area contributed by atoms with E-state index in [0.717, 1.165) is 12.4 Å². The Morgan fingerprint density at radius 2 is 1.95 bits per heavy atom. The quantitative estimate of drug-likeness (QED) is 0.930. The molecule has 1 amide bonds. The first-order chi connectivity index (χ1) is 9.72. The zero-order valence-electron chi connectivity index (χ0n) is 13.6. The third-order valence-corrected chi connectivity index (χ3v) is 3.35. The molecule has 0 spiro atoms. The van der Waals surface area contributed by atoms with Crippen LogP contribution in [0.2, 0.25) is 0 Å². The van der Waals surface area contributed by atoms with Crippen molar-refractivity contribution in [1.29, 1.82) is 0 Å². The summed E-state index contributed by atoms with van der Waals surface area (Å²) < 4.78 is 6.02. The standard InChI is InChI=1S/C16H25N3O2/c1-6-17-13-9-12(7-8-18-13)14(20)19-10-15(2,3)21-16(4,5)11-19/h7-9H,6,10-11H2,1-5H3,(H,17,18). The summed E-state index contributed by atoms with van der Waals surface area (Å²) in [7, 11) is 0. The number of pyridine rings is 1. The molecule has 0 saturated carbocycles. The number of hydrogen-bond acceptors (Lipinski definition) is 4. The van der Waals surface area contributed by atoms with Gasteiger partial charge in [-0.05, 0) is 46.8 Å². The lowest BCUT2D eigenvalue weighted by atomic mass is 9.98. The molecule has 0 unspecified atom stereocenters. The summed E-state index contributed by atoms with van der Waals surface area (Å²) in [6, 6.07) is 3.57. The Kier molecular flexibility index (Phi) is 4.23. The molecule has 1 aromatic rings. The van der Waals surface area contributed by atoms with Gasteiger partial charge in [-0.2, -0.15) is 0 Å². The van der Waals surface area contributed by atoms with E-state index in [1.54, 1.807) is 18.3 Å². The second-order valence-electron chi connectivity index (χ2n) is 6.74. The fraction of sp³-hybridized carbons (Fsp3) is 0.625. The van der Waals surface area contributed by atoms with E-state index in [9.17, 15) is 4.79 Å². The van der Waals surface area contributed by atoms with Gasteiger partial charge < -0.3 is 15.0 Å². The summed E-state index contributed by atoms with van der Waals surface area (Å²) in [6.07, 6.45) is 1.67. The van der Waals surface area contributed by atoms with Crippen molar-refractivity contribution in [1.82, 2.24) is 9.88 Å². The monoisotopic (exact) mass is 291 g/mol. The Balaban J connectivity index is 2.21. The first kappa shape index (κ1) is 15.8. The van der Waals surface area contributed by atoms with Gasteiger partial charge in [-0.3, -0.25) is 4.79 Å². The molecule has 0 atom stereocenters. The Hall–Kier alpha value is -1.62. The summed E-state index contributed by atoms with van der Waals surface area (Å²) >= 11 is 0. The third-order valence-electron chi connectivity index (χ3n) is 3.35. The Bertz CT molecular complexity index is 510. The van der Waals surface area contributed by atoms with Crippen molar-refractivity contribution in [3.05, 3.63) is 23.9 Å². The first-order valence-electron chi connectivity index (χ1n) is 7.42. The topological polar surface area (TPSA) is 54.5 Å². The number of nitrogens with one attached hydrogen (secondary N) is 1. The van der Waals surface area contributed by atoms with Crippen LogP contribution in [-0.4, -0.2) is 46.6 Å². The minimum atomic E-state index is -0.338. The molecule has 0 aliphatic carbocycles. The fourth-order valence-corrected chi connectivity index (χ4v) is 2.96. The Morgan fingerprint density at radius 3 is 2.52 bits per heavy atom. The van der Waals surface area contributed by atoms with Crippen molar-refractivity contribution in [3.8, 4) is 0 Å². The highest BCUT2D eigenvalue weighted by atomic mass is 16.5. The smallest absolute Gasteiger partial charge is 0.254 e. The molecular formula is C16H25N3O2. The van der Waals surface area contributed by atoms with Gasteiger partial charge in [-0.1, -0.05) is 0 Å². The van der Waals surface area contributed by atoms with Gasteiger partial charge in [-0.15, -0.1) is 0 Å². The highest BCUT2D eigenvalue weighted by molar-refractivity contribution is 5.95. The van der Waals surface area contributed by atoms with Crippen LogP contribution in [0, 0.1) is 0 Å². The van der Waals surface area contributed by atoms with Crippen LogP contribution in [0.5, 0.6) is 0 Å². The number of aromatic nitrogens is 1. The molecule has 21 heavy (non-hydrogen) atoms. The fourth-order valence-electron chi connectivity index (χ4n) is 2.96. The number of nitrogens with zero attached hydrogens (tertiary/aromatic N) is 2. The van der Waals surface area contributed by atoms with E-state index in [0.29, 0.717) is 18.7 Å². The number of anilines is 1. The van der Waals surface area contributed by atoms with E-state index in [4.69, 9.17) is 4.74 Å². The third kappa shape index (κ3) is 3.94. The predicted molar refractivity (Wildman–Crippen MR) is 83.5 cm³/mol. The normalized spacial score (nSPS) is 20.1. The summed E-state index contributed by atoms with van der Waals surface area (Å²) in [5.41, 5.74) is -0.0152. The number of rotatable bonds is 3. The molecule has 1 saturated heterocycles. The van der Waals surface area contributed by atoms with Crippen LogP contribution >= 0.6 is 0 Å². The summed E-state index contributed by atoms with van der Waals surface area (Å²) in [5.74, 6) is 0.760. The van der Waals surface area contributed by atoms with Crippen molar-refractivity contribution in [2.45, 2.75) is 45.8 Å². The van der Waals surface area contributed by atoms with E-state index in [2.05, 4.69) is 10.3 Å². The van der Waals surface area contributed by atoms with Gasteiger partial charge in [0, 0.05) is 31.4 Å². The molecule has 1 N–H and O–H groups in total. The molecule has 2 rings (SSSR count). The predicted octanol–water partition coefficient (Wildman–Crippen LogP) is 2.54. The SMILES string of the molecule is CCNc1cc(C(=O)N2CC(C)(C)OC(C)(C)C2)ccn1. The van der Waals surface area contributed by atoms with Gasteiger partial charge in [-0.25, -0.2) is 4.98 Å². The Morgan fingerprint density at radius 1 is 1.33 bits per heavy atom. The average molecular weight is 291 g/mol. The lowest BCUT2D eigenvalue weighted by molar-refractivity contribution is -0.171. The second kappa shape index (κ2) is 5.64. The molecule has 5 nitrogen and oxygen atoms in total. The number of ether oxygens (including phenoxy) is 1. The number of carbonyl (C=O) groups is 1. The van der Waals surface area contributed by atoms with Crippen molar-refractivity contribution in [3.63, 3.8) is 0 Å². The summed E-state index contributed by atoms with van der Waals surface area (Å²) in [6.45, 7) is 12.0. The zero-order chi connectivity index (χ0) is 15.7. The van der Waals surface area contributed by atoms with Crippen LogP contribution in [0.15, 0.2) is 18.3 Å². The van der Waals surface area contributed by atoms with Gasteiger partial charge in [0.1, 0.15) is 5.82 Å².